The molecule has 22 heavy (non-hydrogen) atoms. The number of amides is 2. The van der Waals surface area contributed by atoms with Crippen molar-refractivity contribution in [3.63, 3.8) is 0 Å². The number of nitrogens with zero attached hydrogens (tertiary/aromatic N) is 3. The molecular formula is C16H30N4O2. The van der Waals surface area contributed by atoms with Crippen LogP contribution in [0.2, 0.25) is 0 Å². The molecule has 126 valence electrons. The average molecular weight is 310 g/mol. The normalized spacial score (nSPS) is 11.8. The zero-order valence-electron chi connectivity index (χ0n) is 14.5. The van der Waals surface area contributed by atoms with Gasteiger partial charge in [-0.2, -0.15) is 5.10 Å². The van der Waals surface area contributed by atoms with Crippen LogP contribution in [0, 0.1) is 11.3 Å². The van der Waals surface area contributed by atoms with E-state index in [9.17, 15) is 4.79 Å². The van der Waals surface area contributed by atoms with Gasteiger partial charge in [-0.15, -0.1) is 0 Å². The highest BCUT2D eigenvalue weighted by Crippen LogP contribution is 2.17. The first-order chi connectivity index (χ1) is 10.2. The Hall–Kier alpha value is -1.56. The molecule has 1 aromatic heterocycles. The third-order valence-electron chi connectivity index (χ3n) is 3.03. The van der Waals surface area contributed by atoms with Crippen molar-refractivity contribution >= 4 is 11.8 Å². The molecule has 0 atom stereocenters. The minimum Gasteiger partial charge on any atom is -0.396 e. The van der Waals surface area contributed by atoms with Crippen LogP contribution in [0.1, 0.15) is 41.0 Å². The number of carbonyl (C=O) groups is 1. The second kappa shape index (κ2) is 8.17. The van der Waals surface area contributed by atoms with E-state index < -0.39 is 0 Å². The number of anilines is 1. The third kappa shape index (κ3) is 6.47. The van der Waals surface area contributed by atoms with Gasteiger partial charge in [-0.05, 0) is 17.8 Å². The molecule has 0 aliphatic rings. The smallest absolute Gasteiger partial charge is 0.323 e. The molecule has 1 rings (SSSR count). The first-order valence-electron chi connectivity index (χ1n) is 7.91. The molecule has 6 nitrogen and oxygen atoms in total. The zero-order chi connectivity index (χ0) is 16.8. The van der Waals surface area contributed by atoms with E-state index in [1.54, 1.807) is 11.1 Å². The van der Waals surface area contributed by atoms with Crippen molar-refractivity contribution in [1.29, 1.82) is 0 Å². The lowest BCUT2D eigenvalue weighted by molar-refractivity contribution is 0.175. The zero-order valence-corrected chi connectivity index (χ0v) is 14.5. The summed E-state index contributed by atoms with van der Waals surface area (Å²) >= 11 is 0. The minimum atomic E-state index is -0.145. The van der Waals surface area contributed by atoms with Crippen LogP contribution < -0.4 is 5.32 Å². The predicted octanol–water partition coefficient (Wildman–Crippen LogP) is 2.80. The summed E-state index contributed by atoms with van der Waals surface area (Å²) in [6.45, 7) is 12.5. The van der Waals surface area contributed by atoms with E-state index in [0.29, 0.717) is 31.2 Å². The molecule has 0 aliphatic carbocycles. The van der Waals surface area contributed by atoms with Crippen LogP contribution in [-0.2, 0) is 6.54 Å². The largest absolute Gasteiger partial charge is 0.396 e. The molecule has 0 fully saturated rings. The van der Waals surface area contributed by atoms with Gasteiger partial charge < -0.3 is 10.0 Å². The standard InChI is InChI=1S/C16H30N4O2/c1-13(2)11-20-14(7-8-17-20)18-15(22)19(9-6-10-21)12-16(3,4)5/h7-8,13,21H,6,9-12H2,1-5H3,(H,18,22). The Morgan fingerprint density at radius 1 is 1.45 bits per heavy atom. The van der Waals surface area contributed by atoms with Crippen LogP contribution in [-0.4, -0.2) is 45.5 Å². The predicted molar refractivity (Wildman–Crippen MR) is 88.8 cm³/mol. The molecule has 1 aromatic rings. The van der Waals surface area contributed by atoms with Crippen molar-refractivity contribution in [3.8, 4) is 0 Å². The lowest BCUT2D eigenvalue weighted by atomic mass is 9.96. The van der Waals surface area contributed by atoms with Crippen molar-refractivity contribution < 1.29 is 9.90 Å². The Morgan fingerprint density at radius 3 is 2.68 bits per heavy atom. The number of aromatic nitrogens is 2. The molecule has 2 N–H and O–H groups in total. The quantitative estimate of drug-likeness (QED) is 0.813. The number of aliphatic hydroxyl groups is 1. The van der Waals surface area contributed by atoms with Gasteiger partial charge in [0, 0.05) is 32.3 Å². The van der Waals surface area contributed by atoms with Crippen molar-refractivity contribution in [2.24, 2.45) is 11.3 Å². The fraction of sp³-hybridized carbons (Fsp3) is 0.750. The van der Waals surface area contributed by atoms with E-state index in [4.69, 9.17) is 5.11 Å². The van der Waals surface area contributed by atoms with Crippen LogP contribution in [0.15, 0.2) is 12.3 Å². The van der Waals surface area contributed by atoms with Gasteiger partial charge in [-0.1, -0.05) is 34.6 Å². The summed E-state index contributed by atoms with van der Waals surface area (Å²) in [5, 5.41) is 16.2. The summed E-state index contributed by atoms with van der Waals surface area (Å²) in [5.74, 6) is 1.16. The lowest BCUT2D eigenvalue weighted by Gasteiger charge is -2.30. The molecule has 0 saturated heterocycles. The Balaban J connectivity index is 2.75. The van der Waals surface area contributed by atoms with E-state index >= 15 is 0 Å². The minimum absolute atomic E-state index is 0.00493. The van der Waals surface area contributed by atoms with Crippen molar-refractivity contribution in [2.75, 3.05) is 25.0 Å². The molecule has 0 saturated carbocycles. The van der Waals surface area contributed by atoms with Gasteiger partial charge in [0.25, 0.3) is 0 Å². The van der Waals surface area contributed by atoms with Crippen LogP contribution >= 0.6 is 0 Å². The van der Waals surface area contributed by atoms with Gasteiger partial charge in [0.1, 0.15) is 5.82 Å². The number of aliphatic hydroxyl groups excluding tert-OH is 1. The Kier molecular flexibility index (Phi) is 6.87. The number of rotatable bonds is 7. The van der Waals surface area contributed by atoms with Crippen LogP contribution in [0.5, 0.6) is 0 Å². The van der Waals surface area contributed by atoms with Crippen molar-refractivity contribution in [1.82, 2.24) is 14.7 Å². The maximum atomic E-state index is 12.5. The van der Waals surface area contributed by atoms with E-state index in [0.717, 1.165) is 6.54 Å². The molecule has 2 amide bonds. The lowest BCUT2D eigenvalue weighted by Crippen LogP contribution is -2.41. The van der Waals surface area contributed by atoms with Gasteiger partial charge in [0.2, 0.25) is 0 Å². The summed E-state index contributed by atoms with van der Waals surface area (Å²) in [7, 11) is 0. The third-order valence-corrected chi connectivity index (χ3v) is 3.03. The van der Waals surface area contributed by atoms with Gasteiger partial charge >= 0.3 is 6.03 Å². The fourth-order valence-corrected chi connectivity index (χ4v) is 2.21. The van der Waals surface area contributed by atoms with Crippen molar-refractivity contribution in [3.05, 3.63) is 12.3 Å². The highest BCUT2D eigenvalue weighted by atomic mass is 16.3. The maximum absolute atomic E-state index is 12.5. The Morgan fingerprint density at radius 2 is 2.14 bits per heavy atom. The summed E-state index contributed by atoms with van der Waals surface area (Å²) in [5.41, 5.74) is 0.00493. The highest BCUT2D eigenvalue weighted by Gasteiger charge is 2.21. The number of urea groups is 1. The monoisotopic (exact) mass is 310 g/mol. The summed E-state index contributed by atoms with van der Waals surface area (Å²) in [6.07, 6.45) is 2.27. The summed E-state index contributed by atoms with van der Waals surface area (Å²) < 4.78 is 1.81. The highest BCUT2D eigenvalue weighted by molar-refractivity contribution is 5.88. The molecule has 1 heterocycles. The fourth-order valence-electron chi connectivity index (χ4n) is 2.21. The Bertz CT molecular complexity index is 463. The molecule has 0 bridgehead atoms. The van der Waals surface area contributed by atoms with Gasteiger partial charge in [-0.3, -0.25) is 5.32 Å². The molecule has 0 aromatic carbocycles. The number of carbonyl (C=O) groups excluding carboxylic acids is 1. The number of hydrogen-bond donors (Lipinski definition) is 2. The molecule has 0 unspecified atom stereocenters. The van der Waals surface area contributed by atoms with E-state index in [2.05, 4.69) is 45.0 Å². The van der Waals surface area contributed by atoms with Crippen LogP contribution in [0.3, 0.4) is 0 Å². The topological polar surface area (TPSA) is 70.4 Å². The molecule has 0 radical (unpaired) electrons. The molecule has 0 spiro atoms. The maximum Gasteiger partial charge on any atom is 0.323 e. The molecular weight excluding hydrogens is 280 g/mol. The van der Waals surface area contributed by atoms with Gasteiger partial charge in [0.05, 0.1) is 6.20 Å². The average Bonchev–Trinajstić information content (AvgIpc) is 2.79. The first kappa shape index (κ1) is 18.5. The van der Waals surface area contributed by atoms with E-state index in [1.165, 1.54) is 0 Å². The first-order valence-corrected chi connectivity index (χ1v) is 7.91. The summed E-state index contributed by atoms with van der Waals surface area (Å²) in [6, 6.07) is 1.66. The van der Waals surface area contributed by atoms with Crippen molar-refractivity contribution in [2.45, 2.75) is 47.6 Å². The van der Waals surface area contributed by atoms with Crippen LogP contribution in [0.4, 0.5) is 10.6 Å². The SMILES string of the molecule is CC(C)Cn1nccc1NC(=O)N(CCCO)CC(C)(C)C. The molecule has 6 heteroatoms. The second-order valence-corrected chi connectivity index (χ2v) is 7.28. The van der Waals surface area contributed by atoms with E-state index in [1.807, 2.05) is 10.7 Å². The Labute approximate surface area is 133 Å². The summed E-state index contributed by atoms with van der Waals surface area (Å²) in [4.78, 5) is 14.3. The second-order valence-electron chi connectivity index (χ2n) is 7.28. The van der Waals surface area contributed by atoms with Gasteiger partial charge in [0.15, 0.2) is 0 Å². The number of hydrogen-bond acceptors (Lipinski definition) is 3. The van der Waals surface area contributed by atoms with Crippen LogP contribution in [0.25, 0.3) is 0 Å². The van der Waals surface area contributed by atoms with E-state index in [-0.39, 0.29) is 18.1 Å². The number of nitrogens with one attached hydrogen (secondary N) is 1. The van der Waals surface area contributed by atoms with Gasteiger partial charge in [-0.25, -0.2) is 9.48 Å². The molecule has 0 aliphatic heterocycles.